The number of rotatable bonds is 5. The molecule has 1 unspecified atom stereocenters. The molecule has 0 radical (unpaired) electrons. The number of nitrogens with zero attached hydrogens (tertiary/aromatic N) is 1. The van der Waals surface area contributed by atoms with Crippen LogP contribution in [-0.2, 0) is 14.4 Å². The van der Waals surface area contributed by atoms with Crippen molar-refractivity contribution in [2.75, 3.05) is 10.7 Å². The van der Waals surface area contributed by atoms with E-state index in [1.54, 1.807) is 0 Å². The maximum Gasteiger partial charge on any atom is 0.304 e. The SMILES string of the molecule is Cc1cc(C)c(N2C(=O)CC(SCCC(=O)O)C2=O)c(C)c1. The number of imide groups is 1. The first-order valence-electron chi connectivity index (χ1n) is 7.09. The van der Waals surface area contributed by atoms with E-state index >= 15 is 0 Å². The average Bonchev–Trinajstić information content (AvgIpc) is 2.65. The van der Waals surface area contributed by atoms with E-state index in [0.717, 1.165) is 16.7 Å². The van der Waals surface area contributed by atoms with Gasteiger partial charge in [0, 0.05) is 12.2 Å². The highest BCUT2D eigenvalue weighted by Crippen LogP contribution is 2.34. The second-order valence-electron chi connectivity index (χ2n) is 5.52. The Hall–Kier alpha value is -1.82. The van der Waals surface area contributed by atoms with E-state index < -0.39 is 11.2 Å². The van der Waals surface area contributed by atoms with Crippen LogP contribution in [-0.4, -0.2) is 33.9 Å². The van der Waals surface area contributed by atoms with Gasteiger partial charge in [0.1, 0.15) is 0 Å². The van der Waals surface area contributed by atoms with Crippen LogP contribution in [0.15, 0.2) is 12.1 Å². The molecule has 0 aliphatic carbocycles. The summed E-state index contributed by atoms with van der Waals surface area (Å²) in [6, 6.07) is 3.90. The third-order valence-corrected chi connectivity index (χ3v) is 4.81. The zero-order chi connectivity index (χ0) is 16.4. The highest BCUT2D eigenvalue weighted by Gasteiger charge is 2.40. The molecule has 1 saturated heterocycles. The topological polar surface area (TPSA) is 74.7 Å². The molecule has 1 aliphatic heterocycles. The Bertz CT molecular complexity index is 618. The minimum Gasteiger partial charge on any atom is -0.481 e. The molecule has 6 heteroatoms. The summed E-state index contributed by atoms with van der Waals surface area (Å²) < 4.78 is 0. The highest BCUT2D eigenvalue weighted by atomic mass is 32.2. The van der Waals surface area contributed by atoms with Gasteiger partial charge in [-0.3, -0.25) is 14.4 Å². The number of carbonyl (C=O) groups excluding carboxylic acids is 2. The maximum absolute atomic E-state index is 12.5. The van der Waals surface area contributed by atoms with Crippen molar-refractivity contribution >= 4 is 35.2 Å². The van der Waals surface area contributed by atoms with Crippen LogP contribution in [0.2, 0.25) is 0 Å². The van der Waals surface area contributed by atoms with Crippen LogP contribution in [0.1, 0.15) is 29.5 Å². The zero-order valence-corrected chi connectivity index (χ0v) is 13.7. The van der Waals surface area contributed by atoms with Gasteiger partial charge in [0.05, 0.1) is 17.4 Å². The molecule has 1 aromatic rings. The van der Waals surface area contributed by atoms with E-state index in [2.05, 4.69) is 0 Å². The summed E-state index contributed by atoms with van der Waals surface area (Å²) in [5, 5.41) is 8.18. The summed E-state index contributed by atoms with van der Waals surface area (Å²) in [5.41, 5.74) is 3.55. The van der Waals surface area contributed by atoms with Crippen molar-refractivity contribution in [1.29, 1.82) is 0 Å². The fourth-order valence-electron chi connectivity index (χ4n) is 2.78. The number of thioether (sulfide) groups is 1. The van der Waals surface area contributed by atoms with E-state index in [1.165, 1.54) is 16.7 Å². The lowest BCUT2D eigenvalue weighted by Crippen LogP contribution is -2.32. The highest BCUT2D eigenvalue weighted by molar-refractivity contribution is 8.00. The third kappa shape index (κ3) is 3.32. The monoisotopic (exact) mass is 321 g/mol. The molecule has 1 aromatic carbocycles. The van der Waals surface area contributed by atoms with Gasteiger partial charge < -0.3 is 5.11 Å². The fraction of sp³-hybridized carbons (Fsp3) is 0.438. The zero-order valence-electron chi connectivity index (χ0n) is 12.9. The minimum atomic E-state index is -0.897. The summed E-state index contributed by atoms with van der Waals surface area (Å²) in [6.07, 6.45) is 0.126. The Morgan fingerprint density at radius 2 is 1.86 bits per heavy atom. The maximum atomic E-state index is 12.5. The lowest BCUT2D eigenvalue weighted by molar-refractivity contribution is -0.136. The average molecular weight is 321 g/mol. The van der Waals surface area contributed by atoms with Crippen molar-refractivity contribution in [3.63, 3.8) is 0 Å². The Balaban J connectivity index is 2.21. The number of carbonyl (C=O) groups is 3. The van der Waals surface area contributed by atoms with E-state index in [9.17, 15) is 14.4 Å². The second-order valence-corrected chi connectivity index (χ2v) is 6.83. The molecule has 22 heavy (non-hydrogen) atoms. The van der Waals surface area contributed by atoms with Gasteiger partial charge in [-0.2, -0.15) is 0 Å². The van der Waals surface area contributed by atoms with Crippen LogP contribution in [0.25, 0.3) is 0 Å². The van der Waals surface area contributed by atoms with Crippen LogP contribution >= 0.6 is 11.8 Å². The second kappa shape index (κ2) is 6.52. The number of carboxylic acids is 1. The first-order chi connectivity index (χ1) is 10.3. The Morgan fingerprint density at radius 1 is 1.27 bits per heavy atom. The summed E-state index contributed by atoms with van der Waals surface area (Å²) in [7, 11) is 0. The quantitative estimate of drug-likeness (QED) is 0.843. The number of amides is 2. The number of carboxylic acid groups (broad SMARTS) is 1. The summed E-state index contributed by atoms with van der Waals surface area (Å²) in [5.74, 6) is -1.02. The Labute approximate surface area is 133 Å². The predicted molar refractivity (Wildman–Crippen MR) is 86.3 cm³/mol. The summed E-state index contributed by atoms with van der Waals surface area (Å²) >= 11 is 1.24. The number of hydrogen-bond acceptors (Lipinski definition) is 4. The Kier molecular flexibility index (Phi) is 4.90. The largest absolute Gasteiger partial charge is 0.481 e. The molecule has 0 bridgehead atoms. The van der Waals surface area contributed by atoms with Crippen molar-refractivity contribution in [2.24, 2.45) is 0 Å². The van der Waals surface area contributed by atoms with Crippen LogP contribution in [0.5, 0.6) is 0 Å². The summed E-state index contributed by atoms with van der Waals surface area (Å²) in [6.45, 7) is 5.75. The first-order valence-corrected chi connectivity index (χ1v) is 8.14. The van der Waals surface area contributed by atoms with Crippen molar-refractivity contribution in [2.45, 2.75) is 38.9 Å². The molecule has 1 atom stereocenters. The molecule has 118 valence electrons. The van der Waals surface area contributed by atoms with Crippen LogP contribution in [0.3, 0.4) is 0 Å². The molecule has 2 amide bonds. The number of aryl methyl sites for hydroxylation is 3. The van der Waals surface area contributed by atoms with Crippen molar-refractivity contribution in [3.8, 4) is 0 Å². The number of aliphatic carboxylic acids is 1. The number of hydrogen-bond donors (Lipinski definition) is 1. The third-order valence-electron chi connectivity index (χ3n) is 3.60. The van der Waals surface area contributed by atoms with Gasteiger partial charge in [-0.25, -0.2) is 4.90 Å². The molecule has 0 spiro atoms. The number of benzene rings is 1. The lowest BCUT2D eigenvalue weighted by atomic mass is 10.0. The smallest absolute Gasteiger partial charge is 0.304 e. The predicted octanol–water partition coefficient (Wildman–Crippen LogP) is 2.45. The standard InChI is InChI=1S/C16H19NO4S/c1-9-6-10(2)15(11(3)7-9)17-13(18)8-12(16(17)21)22-5-4-14(19)20/h6-7,12H,4-5,8H2,1-3H3,(H,19,20). The lowest BCUT2D eigenvalue weighted by Gasteiger charge is -2.20. The fourth-order valence-corrected chi connectivity index (χ4v) is 3.87. The molecule has 2 rings (SSSR count). The normalized spacial score (nSPS) is 18.1. The van der Waals surface area contributed by atoms with E-state index in [4.69, 9.17) is 5.11 Å². The van der Waals surface area contributed by atoms with Gasteiger partial charge in [0.2, 0.25) is 11.8 Å². The molecule has 0 saturated carbocycles. The molecule has 1 aliphatic rings. The Morgan fingerprint density at radius 3 is 2.41 bits per heavy atom. The van der Waals surface area contributed by atoms with Crippen molar-refractivity contribution in [1.82, 2.24) is 0 Å². The van der Waals surface area contributed by atoms with Crippen LogP contribution in [0.4, 0.5) is 5.69 Å². The first kappa shape index (κ1) is 16.5. The van der Waals surface area contributed by atoms with E-state index in [1.807, 2.05) is 32.9 Å². The van der Waals surface area contributed by atoms with Crippen molar-refractivity contribution < 1.29 is 19.5 Å². The molecular weight excluding hydrogens is 302 g/mol. The van der Waals surface area contributed by atoms with Gasteiger partial charge >= 0.3 is 5.97 Å². The molecular formula is C16H19NO4S. The van der Waals surface area contributed by atoms with Crippen LogP contribution < -0.4 is 4.90 Å². The van der Waals surface area contributed by atoms with Gasteiger partial charge in [-0.05, 0) is 31.9 Å². The van der Waals surface area contributed by atoms with Crippen LogP contribution in [0, 0.1) is 20.8 Å². The number of anilines is 1. The van der Waals surface area contributed by atoms with E-state index in [0.29, 0.717) is 11.4 Å². The van der Waals surface area contributed by atoms with Gasteiger partial charge in [-0.15, -0.1) is 11.8 Å². The van der Waals surface area contributed by atoms with Gasteiger partial charge in [0.25, 0.3) is 0 Å². The summed E-state index contributed by atoms with van der Waals surface area (Å²) in [4.78, 5) is 36.6. The van der Waals surface area contributed by atoms with Gasteiger partial charge in [0.15, 0.2) is 0 Å². The molecule has 5 nitrogen and oxygen atoms in total. The molecule has 1 fully saturated rings. The van der Waals surface area contributed by atoms with Gasteiger partial charge in [-0.1, -0.05) is 17.7 Å². The van der Waals surface area contributed by atoms with Crippen molar-refractivity contribution in [3.05, 3.63) is 28.8 Å². The molecule has 1 heterocycles. The molecule has 1 N–H and O–H groups in total. The minimum absolute atomic E-state index is 0.00871. The van der Waals surface area contributed by atoms with E-state index in [-0.39, 0.29) is 24.7 Å². The molecule has 0 aromatic heterocycles.